The van der Waals surface area contributed by atoms with Crippen LogP contribution < -0.4 is 15.7 Å². The molecule has 1 amide bonds. The third-order valence-corrected chi connectivity index (χ3v) is 5.30. The maximum atomic E-state index is 12.5. The van der Waals surface area contributed by atoms with E-state index in [1.165, 1.54) is 13.2 Å². The molecule has 7 heteroatoms. The Kier molecular flexibility index (Phi) is 5.70. The Morgan fingerprint density at radius 2 is 1.96 bits per heavy atom. The first-order valence-electron chi connectivity index (χ1n) is 9.08. The number of carbonyl (C=O) groups excluding carboxylic acids is 1. The van der Waals surface area contributed by atoms with E-state index in [2.05, 4.69) is 5.32 Å². The molecule has 2 aromatic rings. The van der Waals surface area contributed by atoms with E-state index in [1.807, 2.05) is 0 Å². The second kappa shape index (κ2) is 8.00. The number of aryl methyl sites for hydroxylation is 1. The molecule has 0 radical (unpaired) electrons. The van der Waals surface area contributed by atoms with Crippen molar-refractivity contribution >= 4 is 16.9 Å². The molecule has 0 unspecified atom stereocenters. The Balaban J connectivity index is 1.79. The monoisotopic (exact) mass is 375 g/mol. The number of phenolic OH excluding ortho intramolecular Hbond substituents is 1. The normalized spacial score (nSPS) is 19.8. The minimum atomic E-state index is -0.567. The quantitative estimate of drug-likeness (QED) is 0.779. The van der Waals surface area contributed by atoms with Gasteiger partial charge in [0, 0.05) is 24.6 Å². The van der Waals surface area contributed by atoms with Gasteiger partial charge in [-0.25, -0.2) is 4.79 Å². The molecule has 0 atom stereocenters. The molecule has 27 heavy (non-hydrogen) atoms. The number of benzene rings is 1. The van der Waals surface area contributed by atoms with Gasteiger partial charge in [0.15, 0.2) is 11.5 Å². The predicted octanol–water partition coefficient (Wildman–Crippen LogP) is 2.43. The van der Waals surface area contributed by atoms with E-state index in [4.69, 9.17) is 13.9 Å². The van der Waals surface area contributed by atoms with Crippen molar-refractivity contribution in [3.8, 4) is 11.5 Å². The summed E-state index contributed by atoms with van der Waals surface area (Å²) in [5, 5.41) is 13.5. The number of aromatic hydroxyl groups is 1. The van der Waals surface area contributed by atoms with Crippen molar-refractivity contribution in [2.45, 2.75) is 51.2 Å². The van der Waals surface area contributed by atoms with Gasteiger partial charge in [0.2, 0.25) is 5.91 Å². The van der Waals surface area contributed by atoms with Gasteiger partial charge in [0.1, 0.15) is 5.58 Å². The van der Waals surface area contributed by atoms with E-state index >= 15 is 0 Å². The van der Waals surface area contributed by atoms with E-state index in [-0.39, 0.29) is 41.6 Å². The maximum absolute atomic E-state index is 12.5. The highest BCUT2D eigenvalue weighted by Gasteiger charge is 2.23. The number of rotatable bonds is 5. The minimum Gasteiger partial charge on any atom is -0.504 e. The van der Waals surface area contributed by atoms with Crippen molar-refractivity contribution in [2.75, 3.05) is 14.2 Å². The van der Waals surface area contributed by atoms with Crippen LogP contribution in [-0.2, 0) is 16.0 Å². The van der Waals surface area contributed by atoms with Crippen molar-refractivity contribution in [1.29, 1.82) is 0 Å². The molecule has 0 aliphatic heterocycles. The summed E-state index contributed by atoms with van der Waals surface area (Å²) in [5.41, 5.74) is 0.664. The highest BCUT2D eigenvalue weighted by molar-refractivity contribution is 5.86. The molecular formula is C20H25NO6. The summed E-state index contributed by atoms with van der Waals surface area (Å²) < 4.78 is 15.8. The van der Waals surface area contributed by atoms with Crippen LogP contribution in [0, 0.1) is 6.92 Å². The molecule has 1 aliphatic rings. The lowest BCUT2D eigenvalue weighted by Gasteiger charge is -2.28. The van der Waals surface area contributed by atoms with Crippen LogP contribution in [0.5, 0.6) is 11.5 Å². The summed E-state index contributed by atoms with van der Waals surface area (Å²) in [4.78, 5) is 24.8. The van der Waals surface area contributed by atoms with Crippen LogP contribution in [0.2, 0.25) is 0 Å². The molecule has 1 aromatic carbocycles. The van der Waals surface area contributed by atoms with Crippen LogP contribution in [0.25, 0.3) is 11.0 Å². The molecule has 0 spiro atoms. The Morgan fingerprint density at radius 1 is 1.26 bits per heavy atom. The summed E-state index contributed by atoms with van der Waals surface area (Å²) >= 11 is 0. The van der Waals surface area contributed by atoms with E-state index in [1.54, 1.807) is 20.1 Å². The Labute approximate surface area is 157 Å². The summed E-state index contributed by atoms with van der Waals surface area (Å²) in [6, 6.07) is 3.06. The summed E-state index contributed by atoms with van der Waals surface area (Å²) in [7, 11) is 3.15. The van der Waals surface area contributed by atoms with Gasteiger partial charge in [0.05, 0.1) is 25.2 Å². The molecule has 1 fully saturated rings. The molecular weight excluding hydrogens is 350 g/mol. The number of amides is 1. The number of hydrogen-bond donors (Lipinski definition) is 2. The molecule has 1 heterocycles. The summed E-state index contributed by atoms with van der Waals surface area (Å²) in [6.07, 6.45) is 3.79. The van der Waals surface area contributed by atoms with E-state index in [0.717, 1.165) is 25.7 Å². The molecule has 1 aromatic heterocycles. The van der Waals surface area contributed by atoms with Gasteiger partial charge in [0.25, 0.3) is 0 Å². The first kappa shape index (κ1) is 19.2. The number of methoxy groups -OCH3 is 2. The summed E-state index contributed by atoms with van der Waals surface area (Å²) in [6.45, 7) is 1.77. The minimum absolute atomic E-state index is 0.0441. The second-order valence-electron chi connectivity index (χ2n) is 6.97. The van der Waals surface area contributed by atoms with E-state index < -0.39 is 5.63 Å². The third-order valence-electron chi connectivity index (χ3n) is 5.30. The number of nitrogens with one attached hydrogen (secondary N) is 1. The highest BCUT2D eigenvalue weighted by atomic mass is 16.5. The molecule has 0 bridgehead atoms. The maximum Gasteiger partial charge on any atom is 0.340 e. The van der Waals surface area contributed by atoms with Gasteiger partial charge in [-0.1, -0.05) is 0 Å². The topological polar surface area (TPSA) is 98.0 Å². The van der Waals surface area contributed by atoms with Crippen LogP contribution in [0.3, 0.4) is 0 Å². The fourth-order valence-corrected chi connectivity index (χ4v) is 3.65. The average Bonchev–Trinajstić information content (AvgIpc) is 2.65. The van der Waals surface area contributed by atoms with Crippen LogP contribution in [0.15, 0.2) is 21.3 Å². The molecule has 0 saturated heterocycles. The van der Waals surface area contributed by atoms with Crippen molar-refractivity contribution in [3.05, 3.63) is 33.7 Å². The fourth-order valence-electron chi connectivity index (χ4n) is 3.65. The van der Waals surface area contributed by atoms with Crippen LogP contribution in [0.4, 0.5) is 0 Å². The number of hydrogen-bond acceptors (Lipinski definition) is 6. The van der Waals surface area contributed by atoms with Gasteiger partial charge in [-0.2, -0.15) is 0 Å². The van der Waals surface area contributed by atoms with Gasteiger partial charge in [-0.15, -0.1) is 0 Å². The smallest absolute Gasteiger partial charge is 0.340 e. The zero-order valence-electron chi connectivity index (χ0n) is 15.8. The van der Waals surface area contributed by atoms with Crippen LogP contribution >= 0.6 is 0 Å². The number of phenols is 1. The third kappa shape index (κ3) is 4.08. The lowest BCUT2D eigenvalue weighted by Crippen LogP contribution is -2.40. The lowest BCUT2D eigenvalue weighted by molar-refractivity contribution is -0.121. The number of carbonyl (C=O) groups is 1. The molecule has 2 N–H and O–H groups in total. The van der Waals surface area contributed by atoms with Crippen LogP contribution in [-0.4, -0.2) is 37.4 Å². The zero-order valence-corrected chi connectivity index (χ0v) is 15.8. The van der Waals surface area contributed by atoms with Crippen molar-refractivity contribution in [2.24, 2.45) is 0 Å². The predicted molar refractivity (Wildman–Crippen MR) is 100 cm³/mol. The van der Waals surface area contributed by atoms with Gasteiger partial charge in [-0.05, 0) is 44.2 Å². The van der Waals surface area contributed by atoms with Crippen molar-refractivity contribution < 1.29 is 23.8 Å². The summed E-state index contributed by atoms with van der Waals surface area (Å²) in [5.74, 6) is -0.0224. The zero-order chi connectivity index (χ0) is 19.6. The molecule has 7 nitrogen and oxygen atoms in total. The van der Waals surface area contributed by atoms with Gasteiger partial charge < -0.3 is 24.3 Å². The standard InChI is InChI=1S/C20H25NO6/c1-11-14-8-18(26-3)16(22)10-17(14)27-20(24)15(11)9-19(23)21-12-4-6-13(25-2)7-5-12/h8,10,12-13,22H,4-7,9H2,1-3H3,(H,21,23). The van der Waals surface area contributed by atoms with E-state index in [0.29, 0.717) is 16.5 Å². The first-order chi connectivity index (χ1) is 12.9. The molecule has 1 aliphatic carbocycles. The average molecular weight is 375 g/mol. The first-order valence-corrected chi connectivity index (χ1v) is 9.08. The molecule has 1 saturated carbocycles. The SMILES string of the molecule is COc1cc2c(C)c(CC(=O)NC3CCC(OC)CC3)c(=O)oc2cc1O. The van der Waals surface area contributed by atoms with Crippen molar-refractivity contribution in [3.63, 3.8) is 0 Å². The Morgan fingerprint density at radius 3 is 2.59 bits per heavy atom. The molecule has 3 rings (SSSR count). The van der Waals surface area contributed by atoms with Crippen LogP contribution in [0.1, 0.15) is 36.8 Å². The number of ether oxygens (including phenoxy) is 2. The largest absolute Gasteiger partial charge is 0.504 e. The van der Waals surface area contributed by atoms with Gasteiger partial charge >= 0.3 is 5.63 Å². The van der Waals surface area contributed by atoms with Gasteiger partial charge in [-0.3, -0.25) is 4.79 Å². The number of fused-ring (bicyclic) bond motifs is 1. The van der Waals surface area contributed by atoms with E-state index in [9.17, 15) is 14.7 Å². The highest BCUT2D eigenvalue weighted by Crippen LogP contribution is 2.32. The Hall–Kier alpha value is -2.54. The Bertz CT molecular complexity index is 895. The lowest BCUT2D eigenvalue weighted by atomic mass is 9.92. The second-order valence-corrected chi connectivity index (χ2v) is 6.97. The fraction of sp³-hybridized carbons (Fsp3) is 0.500. The van der Waals surface area contributed by atoms with Crippen molar-refractivity contribution in [1.82, 2.24) is 5.32 Å². The molecule has 146 valence electrons.